The summed E-state index contributed by atoms with van der Waals surface area (Å²) in [5.41, 5.74) is 2.93. The first kappa shape index (κ1) is 21.1. The molecule has 26 heavy (non-hydrogen) atoms. The van der Waals surface area contributed by atoms with Crippen LogP contribution in [0.25, 0.3) is 0 Å². The van der Waals surface area contributed by atoms with Gasteiger partial charge < -0.3 is 9.84 Å². The van der Waals surface area contributed by atoms with E-state index >= 15 is 0 Å². The lowest BCUT2D eigenvalue weighted by molar-refractivity contribution is -0.192. The first-order valence-electron chi connectivity index (χ1n) is 7.68. The van der Waals surface area contributed by atoms with Crippen molar-refractivity contribution in [3.8, 4) is 5.75 Å². The monoisotopic (exact) mass is 369 g/mol. The van der Waals surface area contributed by atoms with Crippen molar-refractivity contribution in [3.05, 3.63) is 59.4 Å². The predicted octanol–water partition coefficient (Wildman–Crippen LogP) is 3.71. The van der Waals surface area contributed by atoms with Gasteiger partial charge in [-0.2, -0.15) is 13.2 Å². The average molecular weight is 369 g/mol. The molecule has 140 valence electrons. The number of ether oxygens (including phenoxy) is 1. The van der Waals surface area contributed by atoms with E-state index < -0.39 is 12.1 Å². The lowest BCUT2D eigenvalue weighted by atomic mass is 10.2. The molecule has 0 fully saturated rings. The Morgan fingerprint density at radius 1 is 1.19 bits per heavy atom. The Hall–Kier alpha value is -2.90. The highest BCUT2D eigenvalue weighted by Gasteiger charge is 2.38. The second kappa shape index (κ2) is 10.2. The number of carbonyl (C=O) groups excluding carboxylic acids is 1. The predicted molar refractivity (Wildman–Crippen MR) is 88.3 cm³/mol. The molecule has 0 spiro atoms. The Labute approximate surface area is 148 Å². The molecule has 8 heteroatoms. The Balaban J connectivity index is 0.000000412. The standard InChI is InChI=1S/C16H17NO2.C2HF3O2/c1-2-13-3-6-15(17-11-13)9-10-19-16-7-4-14(12-18)5-8-16;3-2(4,5)1(6)7/h3-8,11-12H,2,9-10H2,1H3;(H,6,7). The molecule has 1 N–H and O–H groups in total. The fourth-order valence-electron chi connectivity index (χ4n) is 1.73. The van der Waals surface area contributed by atoms with E-state index in [1.807, 2.05) is 12.3 Å². The number of aryl methyl sites for hydroxylation is 1. The Morgan fingerprint density at radius 3 is 2.23 bits per heavy atom. The van der Waals surface area contributed by atoms with Crippen molar-refractivity contribution in [2.45, 2.75) is 25.9 Å². The van der Waals surface area contributed by atoms with Crippen LogP contribution in [0.4, 0.5) is 13.2 Å². The van der Waals surface area contributed by atoms with Crippen LogP contribution in [0.1, 0.15) is 28.5 Å². The zero-order valence-electron chi connectivity index (χ0n) is 14.0. The molecular weight excluding hydrogens is 351 g/mol. The van der Waals surface area contributed by atoms with E-state index in [2.05, 4.69) is 18.0 Å². The molecule has 2 rings (SSSR count). The molecule has 0 atom stereocenters. The zero-order valence-corrected chi connectivity index (χ0v) is 14.0. The van der Waals surface area contributed by atoms with Gasteiger partial charge in [-0.25, -0.2) is 4.79 Å². The molecule has 0 aliphatic rings. The fourth-order valence-corrected chi connectivity index (χ4v) is 1.73. The summed E-state index contributed by atoms with van der Waals surface area (Å²) in [6.45, 7) is 2.70. The Bertz CT molecular complexity index is 698. The summed E-state index contributed by atoms with van der Waals surface area (Å²) in [5, 5.41) is 7.12. The minimum atomic E-state index is -5.08. The number of nitrogens with zero attached hydrogens (tertiary/aromatic N) is 1. The number of carboxylic acid groups (broad SMARTS) is 1. The van der Waals surface area contributed by atoms with Gasteiger partial charge in [0.15, 0.2) is 0 Å². The second-order valence-electron chi connectivity index (χ2n) is 5.10. The maximum Gasteiger partial charge on any atom is 0.490 e. The normalized spacial score (nSPS) is 10.5. The summed E-state index contributed by atoms with van der Waals surface area (Å²) in [4.78, 5) is 23.8. The molecule has 1 heterocycles. The number of benzene rings is 1. The lowest BCUT2D eigenvalue weighted by Crippen LogP contribution is -2.21. The molecule has 5 nitrogen and oxygen atoms in total. The summed E-state index contributed by atoms with van der Waals surface area (Å²) in [6, 6.07) is 11.2. The summed E-state index contributed by atoms with van der Waals surface area (Å²) in [7, 11) is 0. The number of hydrogen-bond acceptors (Lipinski definition) is 4. The molecule has 0 aliphatic carbocycles. The minimum Gasteiger partial charge on any atom is -0.493 e. The van der Waals surface area contributed by atoms with Crippen molar-refractivity contribution in [2.24, 2.45) is 0 Å². The summed E-state index contributed by atoms with van der Waals surface area (Å²) in [6.07, 6.45) is -0.566. The highest BCUT2D eigenvalue weighted by atomic mass is 19.4. The first-order valence-corrected chi connectivity index (χ1v) is 7.68. The molecule has 0 saturated carbocycles. The van der Waals surface area contributed by atoms with Crippen LogP contribution in [-0.4, -0.2) is 35.1 Å². The van der Waals surface area contributed by atoms with E-state index in [9.17, 15) is 18.0 Å². The third-order valence-electron chi connectivity index (χ3n) is 3.18. The van der Waals surface area contributed by atoms with E-state index in [1.54, 1.807) is 24.3 Å². The molecule has 0 amide bonds. The number of aliphatic carboxylic acids is 1. The maximum absolute atomic E-state index is 10.6. The molecule has 0 saturated heterocycles. The van der Waals surface area contributed by atoms with Gasteiger partial charge in [-0.05, 0) is 42.3 Å². The molecule has 0 unspecified atom stereocenters. The van der Waals surface area contributed by atoms with Gasteiger partial charge in [0.25, 0.3) is 0 Å². The Kier molecular flexibility index (Phi) is 8.27. The van der Waals surface area contributed by atoms with Crippen LogP contribution in [0.2, 0.25) is 0 Å². The largest absolute Gasteiger partial charge is 0.493 e. The van der Waals surface area contributed by atoms with Crippen molar-refractivity contribution in [3.63, 3.8) is 0 Å². The van der Waals surface area contributed by atoms with Crippen LogP contribution in [-0.2, 0) is 17.6 Å². The topological polar surface area (TPSA) is 76.5 Å². The summed E-state index contributed by atoms with van der Waals surface area (Å²) in [5.74, 6) is -1.98. The van der Waals surface area contributed by atoms with Gasteiger partial charge in [-0.1, -0.05) is 13.0 Å². The molecule has 0 aliphatic heterocycles. The second-order valence-corrected chi connectivity index (χ2v) is 5.10. The van der Waals surface area contributed by atoms with Gasteiger partial charge in [-0.3, -0.25) is 9.78 Å². The van der Waals surface area contributed by atoms with E-state index in [1.165, 1.54) is 5.56 Å². The van der Waals surface area contributed by atoms with Crippen LogP contribution in [0.5, 0.6) is 5.75 Å². The van der Waals surface area contributed by atoms with Gasteiger partial charge in [0.1, 0.15) is 12.0 Å². The van der Waals surface area contributed by atoms with Crippen LogP contribution < -0.4 is 4.74 Å². The summed E-state index contributed by atoms with van der Waals surface area (Å²) < 4.78 is 37.3. The highest BCUT2D eigenvalue weighted by Crippen LogP contribution is 2.13. The molecule has 1 aromatic carbocycles. The van der Waals surface area contributed by atoms with Crippen LogP contribution >= 0.6 is 0 Å². The number of alkyl halides is 3. The SMILES string of the molecule is CCc1ccc(CCOc2ccc(C=O)cc2)nc1.O=C(O)C(F)(F)F. The highest BCUT2D eigenvalue weighted by molar-refractivity contribution is 5.74. The number of halogens is 3. The lowest BCUT2D eigenvalue weighted by Gasteiger charge is -2.06. The van der Waals surface area contributed by atoms with Gasteiger partial charge in [-0.15, -0.1) is 0 Å². The third-order valence-corrected chi connectivity index (χ3v) is 3.18. The Morgan fingerprint density at radius 2 is 1.81 bits per heavy atom. The summed E-state index contributed by atoms with van der Waals surface area (Å²) >= 11 is 0. The van der Waals surface area contributed by atoms with Crippen molar-refractivity contribution < 1.29 is 32.6 Å². The van der Waals surface area contributed by atoms with E-state index in [0.717, 1.165) is 30.6 Å². The van der Waals surface area contributed by atoms with Crippen molar-refractivity contribution in [2.75, 3.05) is 6.61 Å². The van der Waals surface area contributed by atoms with Gasteiger partial charge in [0.2, 0.25) is 0 Å². The van der Waals surface area contributed by atoms with Crippen molar-refractivity contribution in [1.82, 2.24) is 4.98 Å². The molecule has 0 bridgehead atoms. The average Bonchev–Trinajstić information content (AvgIpc) is 2.62. The smallest absolute Gasteiger partial charge is 0.490 e. The van der Waals surface area contributed by atoms with E-state index in [0.29, 0.717) is 12.2 Å². The van der Waals surface area contributed by atoms with Crippen LogP contribution in [0, 0.1) is 0 Å². The van der Waals surface area contributed by atoms with Gasteiger partial charge in [0.05, 0.1) is 6.61 Å². The molecular formula is C18H18F3NO4. The van der Waals surface area contributed by atoms with Crippen LogP contribution in [0.3, 0.4) is 0 Å². The van der Waals surface area contributed by atoms with Crippen molar-refractivity contribution in [1.29, 1.82) is 0 Å². The van der Waals surface area contributed by atoms with Crippen molar-refractivity contribution >= 4 is 12.3 Å². The van der Waals surface area contributed by atoms with E-state index in [-0.39, 0.29) is 0 Å². The molecule has 0 radical (unpaired) electrons. The molecule has 1 aromatic heterocycles. The third kappa shape index (κ3) is 7.78. The number of carboxylic acids is 1. The minimum absolute atomic E-state index is 0.582. The maximum atomic E-state index is 10.6. The number of carbonyl (C=O) groups is 2. The van der Waals surface area contributed by atoms with Gasteiger partial charge in [0, 0.05) is 23.9 Å². The number of pyridine rings is 1. The number of rotatable bonds is 6. The quantitative estimate of drug-likeness (QED) is 0.786. The van der Waals surface area contributed by atoms with Gasteiger partial charge >= 0.3 is 12.1 Å². The zero-order chi connectivity index (χ0) is 19.6. The number of hydrogen-bond donors (Lipinski definition) is 1. The van der Waals surface area contributed by atoms with Crippen LogP contribution in [0.15, 0.2) is 42.6 Å². The first-order chi connectivity index (χ1) is 12.3. The van der Waals surface area contributed by atoms with E-state index in [4.69, 9.17) is 14.6 Å². The number of aldehydes is 1. The fraction of sp³-hybridized carbons (Fsp3) is 0.278. The molecule has 2 aromatic rings. The number of aromatic nitrogens is 1.